The van der Waals surface area contributed by atoms with Crippen LogP contribution in [0.3, 0.4) is 0 Å². The van der Waals surface area contributed by atoms with E-state index in [4.69, 9.17) is 6.42 Å². The third kappa shape index (κ3) is 3.41. The molecule has 0 bridgehead atoms. The molecule has 0 radical (unpaired) electrons. The van der Waals surface area contributed by atoms with Gasteiger partial charge in [-0.1, -0.05) is 25.8 Å². The number of terminal acetylenes is 1. The Morgan fingerprint density at radius 3 is 2.86 bits per heavy atom. The zero-order valence-electron chi connectivity index (χ0n) is 8.27. The molecule has 0 N–H and O–H groups in total. The number of rotatable bonds is 4. The van der Waals surface area contributed by atoms with Crippen molar-refractivity contribution in [2.75, 3.05) is 6.54 Å². The Hall–Kier alpha value is -0.980. The lowest BCUT2D eigenvalue weighted by Crippen LogP contribution is -2.10. The number of hydrogen-bond donors (Lipinski definition) is 1. The summed E-state index contributed by atoms with van der Waals surface area (Å²) in [5, 5.41) is 0. The lowest BCUT2D eigenvalue weighted by atomic mass is 10.2. The molecule has 14 heavy (non-hydrogen) atoms. The normalized spacial score (nSPS) is 10.1. The van der Waals surface area contributed by atoms with E-state index in [0.717, 1.165) is 24.3 Å². The zero-order valence-corrected chi connectivity index (χ0v) is 9.17. The van der Waals surface area contributed by atoms with E-state index in [1.807, 2.05) is 22.6 Å². The van der Waals surface area contributed by atoms with E-state index in [9.17, 15) is 0 Å². The average molecular weight is 206 g/mol. The van der Waals surface area contributed by atoms with Crippen molar-refractivity contribution >= 4 is 12.8 Å². The smallest absolute Gasteiger partial charge is 0.0522 e. The predicted octanol–water partition coefficient (Wildman–Crippen LogP) is 1.92. The molecule has 0 aliphatic heterocycles. The standard InChI is InChI=1S/C11H14N2S/c1-3-5-11-7-6-10(8-12-11)9-13(14)4-2/h1,6-8,14H,4-5,9H2,2H3. The minimum atomic E-state index is 0.596. The van der Waals surface area contributed by atoms with Gasteiger partial charge in [0, 0.05) is 19.3 Å². The lowest BCUT2D eigenvalue weighted by molar-refractivity contribution is 0.498. The monoisotopic (exact) mass is 206 g/mol. The largest absolute Gasteiger partial charge is 0.260 e. The SMILES string of the molecule is C#CCc1ccc(CN(S)CC)cn1. The molecule has 0 saturated carbocycles. The third-order valence-electron chi connectivity index (χ3n) is 1.90. The highest BCUT2D eigenvalue weighted by molar-refractivity contribution is 7.77. The zero-order chi connectivity index (χ0) is 10.4. The maximum absolute atomic E-state index is 5.19. The first-order valence-corrected chi connectivity index (χ1v) is 4.97. The van der Waals surface area contributed by atoms with Gasteiger partial charge in [-0.2, -0.15) is 0 Å². The van der Waals surface area contributed by atoms with Crippen LogP contribution in [0.1, 0.15) is 18.2 Å². The Morgan fingerprint density at radius 2 is 2.36 bits per heavy atom. The fourth-order valence-corrected chi connectivity index (χ4v) is 1.24. The van der Waals surface area contributed by atoms with E-state index in [2.05, 4.69) is 30.6 Å². The molecular formula is C11H14N2S. The predicted molar refractivity (Wildman–Crippen MR) is 61.8 cm³/mol. The second-order valence-electron chi connectivity index (χ2n) is 3.02. The van der Waals surface area contributed by atoms with Crippen molar-refractivity contribution in [3.05, 3.63) is 29.6 Å². The van der Waals surface area contributed by atoms with Gasteiger partial charge in [-0.15, -0.1) is 12.3 Å². The first kappa shape index (κ1) is 11.1. The molecule has 1 aromatic rings. The summed E-state index contributed by atoms with van der Waals surface area (Å²) in [6.45, 7) is 3.78. The summed E-state index contributed by atoms with van der Waals surface area (Å²) in [7, 11) is 0. The summed E-state index contributed by atoms with van der Waals surface area (Å²) in [5.74, 6) is 2.57. The maximum Gasteiger partial charge on any atom is 0.0522 e. The summed E-state index contributed by atoms with van der Waals surface area (Å²) in [5.41, 5.74) is 2.10. The van der Waals surface area contributed by atoms with Gasteiger partial charge < -0.3 is 0 Å². The van der Waals surface area contributed by atoms with Gasteiger partial charge in [-0.25, -0.2) is 4.31 Å². The van der Waals surface area contributed by atoms with Gasteiger partial charge in [0.1, 0.15) is 0 Å². The maximum atomic E-state index is 5.19. The topological polar surface area (TPSA) is 16.1 Å². The highest BCUT2D eigenvalue weighted by Gasteiger charge is 1.99. The van der Waals surface area contributed by atoms with Gasteiger partial charge in [0.25, 0.3) is 0 Å². The van der Waals surface area contributed by atoms with E-state index in [0.29, 0.717) is 6.42 Å². The van der Waals surface area contributed by atoms with Crippen molar-refractivity contribution in [3.63, 3.8) is 0 Å². The van der Waals surface area contributed by atoms with Gasteiger partial charge in [0.05, 0.1) is 12.1 Å². The van der Waals surface area contributed by atoms with Gasteiger partial charge >= 0.3 is 0 Å². The Morgan fingerprint density at radius 1 is 1.57 bits per heavy atom. The van der Waals surface area contributed by atoms with Crippen molar-refractivity contribution in [1.82, 2.24) is 9.29 Å². The quantitative estimate of drug-likeness (QED) is 0.598. The molecule has 0 amide bonds. The van der Waals surface area contributed by atoms with E-state index in [1.165, 1.54) is 0 Å². The van der Waals surface area contributed by atoms with Crippen LogP contribution in [0, 0.1) is 12.3 Å². The van der Waals surface area contributed by atoms with Gasteiger partial charge in [0.2, 0.25) is 0 Å². The minimum Gasteiger partial charge on any atom is -0.260 e. The van der Waals surface area contributed by atoms with E-state index >= 15 is 0 Å². The molecule has 2 nitrogen and oxygen atoms in total. The third-order valence-corrected chi connectivity index (χ3v) is 2.32. The molecule has 0 aromatic carbocycles. The minimum absolute atomic E-state index is 0.596. The molecule has 0 saturated heterocycles. The van der Waals surface area contributed by atoms with Crippen LogP contribution in [0.5, 0.6) is 0 Å². The second kappa shape index (κ2) is 5.69. The van der Waals surface area contributed by atoms with Crippen molar-refractivity contribution in [1.29, 1.82) is 0 Å². The molecule has 0 aliphatic rings. The summed E-state index contributed by atoms with van der Waals surface area (Å²) in [6, 6.07) is 4.00. The highest BCUT2D eigenvalue weighted by atomic mass is 32.1. The van der Waals surface area contributed by atoms with Crippen molar-refractivity contribution < 1.29 is 0 Å². The molecule has 0 spiro atoms. The Labute approximate surface area is 90.9 Å². The van der Waals surface area contributed by atoms with Crippen molar-refractivity contribution in [3.8, 4) is 12.3 Å². The van der Waals surface area contributed by atoms with Crippen molar-refractivity contribution in [2.45, 2.75) is 19.9 Å². The lowest BCUT2D eigenvalue weighted by Gasteiger charge is -2.11. The van der Waals surface area contributed by atoms with Crippen LogP contribution < -0.4 is 0 Å². The summed E-state index contributed by atoms with van der Waals surface area (Å²) >= 11 is 4.28. The molecule has 1 heterocycles. The Balaban J connectivity index is 2.60. The molecule has 0 atom stereocenters. The van der Waals surface area contributed by atoms with Gasteiger partial charge in [0.15, 0.2) is 0 Å². The number of pyridine rings is 1. The van der Waals surface area contributed by atoms with Crippen LogP contribution in [0.4, 0.5) is 0 Å². The second-order valence-corrected chi connectivity index (χ2v) is 3.59. The molecule has 0 unspecified atom stereocenters. The van der Waals surface area contributed by atoms with Crippen LogP contribution in [0.25, 0.3) is 0 Å². The number of nitrogens with zero attached hydrogens (tertiary/aromatic N) is 2. The van der Waals surface area contributed by atoms with E-state index in [1.54, 1.807) is 0 Å². The average Bonchev–Trinajstić information content (AvgIpc) is 2.21. The van der Waals surface area contributed by atoms with Gasteiger partial charge in [-0.3, -0.25) is 4.98 Å². The van der Waals surface area contributed by atoms with Crippen LogP contribution in [-0.4, -0.2) is 15.8 Å². The Bertz CT molecular complexity index is 313. The summed E-state index contributed by atoms with van der Waals surface area (Å²) in [4.78, 5) is 4.25. The molecule has 74 valence electrons. The number of hydrogen-bond acceptors (Lipinski definition) is 3. The summed E-state index contributed by atoms with van der Waals surface area (Å²) in [6.07, 6.45) is 7.64. The molecule has 1 aromatic heterocycles. The van der Waals surface area contributed by atoms with Crippen LogP contribution >= 0.6 is 12.8 Å². The molecule has 3 heteroatoms. The first-order valence-electron chi connectivity index (χ1n) is 4.57. The molecule has 1 rings (SSSR count). The number of thiol groups is 1. The summed E-state index contributed by atoms with van der Waals surface area (Å²) < 4.78 is 1.93. The van der Waals surface area contributed by atoms with Gasteiger partial charge in [-0.05, 0) is 11.6 Å². The fourth-order valence-electron chi connectivity index (χ4n) is 1.08. The number of aromatic nitrogens is 1. The van der Waals surface area contributed by atoms with Crippen LogP contribution in [0.15, 0.2) is 18.3 Å². The molecule has 0 aliphatic carbocycles. The highest BCUT2D eigenvalue weighted by Crippen LogP contribution is 2.06. The fraction of sp³-hybridized carbons (Fsp3) is 0.364. The first-order chi connectivity index (χ1) is 6.76. The van der Waals surface area contributed by atoms with E-state index in [-0.39, 0.29) is 0 Å². The van der Waals surface area contributed by atoms with Crippen molar-refractivity contribution in [2.24, 2.45) is 0 Å². The molecular weight excluding hydrogens is 192 g/mol. The van der Waals surface area contributed by atoms with E-state index < -0.39 is 0 Å². The Kier molecular flexibility index (Phi) is 4.51. The molecule has 0 fully saturated rings. The van der Waals surface area contributed by atoms with Crippen LogP contribution in [-0.2, 0) is 13.0 Å². The van der Waals surface area contributed by atoms with Crippen LogP contribution in [0.2, 0.25) is 0 Å².